The number of anilines is 1. The van der Waals surface area contributed by atoms with E-state index >= 15 is 0 Å². The van der Waals surface area contributed by atoms with Crippen molar-refractivity contribution in [3.63, 3.8) is 0 Å². The highest BCUT2D eigenvalue weighted by atomic mass is 35.5. The van der Waals surface area contributed by atoms with Crippen molar-refractivity contribution in [3.05, 3.63) is 23.4 Å². The van der Waals surface area contributed by atoms with Crippen LogP contribution in [-0.4, -0.2) is 23.7 Å². The van der Waals surface area contributed by atoms with Gasteiger partial charge in [0.25, 0.3) is 0 Å². The second kappa shape index (κ2) is 4.81. The highest BCUT2D eigenvalue weighted by Gasteiger charge is 2.22. The molecular formula is C11H15ClN2O. The van der Waals surface area contributed by atoms with E-state index in [4.69, 9.17) is 16.3 Å². The molecule has 3 nitrogen and oxygen atoms in total. The largest absolute Gasteiger partial charge is 0.376 e. The molecule has 1 aliphatic rings. The minimum atomic E-state index is 0.250. The fourth-order valence-electron chi connectivity index (χ4n) is 1.80. The molecule has 2 heterocycles. The zero-order valence-electron chi connectivity index (χ0n) is 8.74. The van der Waals surface area contributed by atoms with Crippen LogP contribution >= 0.6 is 11.6 Å². The number of halogens is 1. The molecule has 2 rings (SSSR count). The fraction of sp³-hybridized carbons (Fsp3) is 0.545. The zero-order chi connectivity index (χ0) is 10.7. The Morgan fingerprint density at radius 1 is 1.67 bits per heavy atom. The van der Waals surface area contributed by atoms with Crippen molar-refractivity contribution in [1.82, 2.24) is 4.98 Å². The summed E-state index contributed by atoms with van der Waals surface area (Å²) in [6.07, 6.45) is 4.27. The van der Waals surface area contributed by atoms with Crippen LogP contribution in [0, 0.1) is 0 Å². The molecule has 4 heteroatoms. The average molecular weight is 227 g/mol. The van der Waals surface area contributed by atoms with Gasteiger partial charge in [-0.2, -0.15) is 0 Å². The van der Waals surface area contributed by atoms with E-state index in [0.29, 0.717) is 5.02 Å². The van der Waals surface area contributed by atoms with E-state index in [9.17, 15) is 0 Å². The molecule has 15 heavy (non-hydrogen) atoms. The number of hydrogen-bond donors (Lipinski definition) is 1. The second-order valence-electron chi connectivity index (χ2n) is 3.82. The first-order chi connectivity index (χ1) is 7.27. The Balaban J connectivity index is 1.99. The van der Waals surface area contributed by atoms with Crippen molar-refractivity contribution >= 4 is 17.4 Å². The first-order valence-electron chi connectivity index (χ1n) is 5.26. The molecule has 0 saturated carbocycles. The summed E-state index contributed by atoms with van der Waals surface area (Å²) in [4.78, 5) is 4.19. The molecule has 1 N–H and O–H groups in total. The number of ether oxygens (including phenoxy) is 1. The van der Waals surface area contributed by atoms with Gasteiger partial charge in [0.1, 0.15) is 5.82 Å². The predicted molar refractivity (Wildman–Crippen MR) is 61.3 cm³/mol. The van der Waals surface area contributed by atoms with Crippen LogP contribution in [0.5, 0.6) is 0 Å². The van der Waals surface area contributed by atoms with Crippen LogP contribution in [0.3, 0.4) is 0 Å². The van der Waals surface area contributed by atoms with E-state index in [1.165, 1.54) is 0 Å². The van der Waals surface area contributed by atoms with Crippen LogP contribution in [0.25, 0.3) is 0 Å². The molecule has 0 bridgehead atoms. The minimum absolute atomic E-state index is 0.250. The zero-order valence-corrected chi connectivity index (χ0v) is 9.50. The monoisotopic (exact) mass is 226 g/mol. The maximum atomic E-state index is 6.01. The molecule has 82 valence electrons. The summed E-state index contributed by atoms with van der Waals surface area (Å²) in [5.74, 6) is 0.738. The molecule has 0 aromatic carbocycles. The van der Waals surface area contributed by atoms with E-state index in [0.717, 1.165) is 25.3 Å². The van der Waals surface area contributed by atoms with Gasteiger partial charge in [0, 0.05) is 12.8 Å². The minimum Gasteiger partial charge on any atom is -0.376 e. The van der Waals surface area contributed by atoms with E-state index in [2.05, 4.69) is 17.2 Å². The van der Waals surface area contributed by atoms with Crippen molar-refractivity contribution in [2.24, 2.45) is 0 Å². The van der Waals surface area contributed by atoms with Gasteiger partial charge in [-0.05, 0) is 31.9 Å². The molecule has 2 atom stereocenters. The summed E-state index contributed by atoms with van der Waals surface area (Å²) in [5.41, 5.74) is 0. The molecule has 0 spiro atoms. The van der Waals surface area contributed by atoms with E-state index in [-0.39, 0.29) is 12.1 Å². The van der Waals surface area contributed by atoms with E-state index in [1.54, 1.807) is 6.20 Å². The van der Waals surface area contributed by atoms with Crippen LogP contribution in [0.15, 0.2) is 18.3 Å². The van der Waals surface area contributed by atoms with Gasteiger partial charge < -0.3 is 10.1 Å². The molecule has 1 aromatic rings. The van der Waals surface area contributed by atoms with Crippen molar-refractivity contribution in [2.45, 2.75) is 31.9 Å². The van der Waals surface area contributed by atoms with E-state index < -0.39 is 0 Å². The van der Waals surface area contributed by atoms with Gasteiger partial charge in [0.05, 0.1) is 17.2 Å². The molecule has 0 radical (unpaired) electrons. The Bertz CT molecular complexity index is 326. The molecule has 0 amide bonds. The number of hydrogen-bond acceptors (Lipinski definition) is 3. The number of pyridine rings is 1. The van der Waals surface area contributed by atoms with Gasteiger partial charge >= 0.3 is 0 Å². The number of rotatable bonds is 3. The molecule has 2 unspecified atom stereocenters. The van der Waals surface area contributed by atoms with Gasteiger partial charge in [-0.15, -0.1) is 0 Å². The molecule has 1 aliphatic heterocycles. The molecule has 1 fully saturated rings. The lowest BCUT2D eigenvalue weighted by Gasteiger charge is -2.20. The average Bonchev–Trinajstić information content (AvgIpc) is 2.74. The number of nitrogens with one attached hydrogen (secondary N) is 1. The molecular weight excluding hydrogens is 212 g/mol. The Hall–Kier alpha value is -0.800. The quantitative estimate of drug-likeness (QED) is 0.861. The third-order valence-electron chi connectivity index (χ3n) is 2.65. The van der Waals surface area contributed by atoms with Crippen LogP contribution in [0.2, 0.25) is 5.02 Å². The smallest absolute Gasteiger partial charge is 0.145 e. The SMILES string of the molecule is CC(Nc1ncccc1Cl)C1CCCO1. The third kappa shape index (κ3) is 2.61. The predicted octanol–water partition coefficient (Wildman–Crippen LogP) is 2.71. The number of nitrogens with zero attached hydrogens (tertiary/aromatic N) is 1. The van der Waals surface area contributed by atoms with Crippen molar-refractivity contribution in [3.8, 4) is 0 Å². The van der Waals surface area contributed by atoms with Crippen LogP contribution in [0.4, 0.5) is 5.82 Å². The lowest BCUT2D eigenvalue weighted by molar-refractivity contribution is 0.0995. The maximum absolute atomic E-state index is 6.01. The summed E-state index contributed by atoms with van der Waals surface area (Å²) < 4.78 is 5.59. The van der Waals surface area contributed by atoms with Gasteiger partial charge in [-0.1, -0.05) is 11.6 Å². The topological polar surface area (TPSA) is 34.2 Å². The van der Waals surface area contributed by atoms with Crippen molar-refractivity contribution < 1.29 is 4.74 Å². The Kier molecular flexibility index (Phi) is 3.44. The van der Waals surface area contributed by atoms with Gasteiger partial charge in [-0.25, -0.2) is 4.98 Å². The Labute approximate surface area is 94.8 Å². The second-order valence-corrected chi connectivity index (χ2v) is 4.23. The number of aromatic nitrogens is 1. The Morgan fingerprint density at radius 2 is 2.53 bits per heavy atom. The normalized spacial score (nSPS) is 22.7. The third-order valence-corrected chi connectivity index (χ3v) is 2.95. The summed E-state index contributed by atoms with van der Waals surface area (Å²) >= 11 is 6.01. The van der Waals surface area contributed by atoms with Gasteiger partial charge in [-0.3, -0.25) is 0 Å². The summed E-state index contributed by atoms with van der Waals surface area (Å²) in [5, 5.41) is 3.94. The maximum Gasteiger partial charge on any atom is 0.145 e. The van der Waals surface area contributed by atoms with E-state index in [1.807, 2.05) is 12.1 Å². The van der Waals surface area contributed by atoms with Gasteiger partial charge in [0.2, 0.25) is 0 Å². The standard InChI is InChI=1S/C11H15ClN2O/c1-8(10-5-3-7-15-10)14-11-9(12)4-2-6-13-11/h2,4,6,8,10H,3,5,7H2,1H3,(H,13,14). The molecule has 0 aliphatic carbocycles. The lowest BCUT2D eigenvalue weighted by atomic mass is 10.1. The first kappa shape index (κ1) is 10.7. The lowest BCUT2D eigenvalue weighted by Crippen LogP contribution is -2.30. The molecule has 1 aromatic heterocycles. The van der Waals surface area contributed by atoms with Crippen LogP contribution < -0.4 is 5.32 Å². The van der Waals surface area contributed by atoms with Crippen LogP contribution in [0.1, 0.15) is 19.8 Å². The molecule has 1 saturated heterocycles. The first-order valence-corrected chi connectivity index (χ1v) is 5.64. The summed E-state index contributed by atoms with van der Waals surface area (Å²) in [6, 6.07) is 3.91. The highest BCUT2D eigenvalue weighted by Crippen LogP contribution is 2.22. The highest BCUT2D eigenvalue weighted by molar-refractivity contribution is 6.32. The van der Waals surface area contributed by atoms with Gasteiger partial charge in [0.15, 0.2) is 0 Å². The summed E-state index contributed by atoms with van der Waals surface area (Å²) in [7, 11) is 0. The van der Waals surface area contributed by atoms with Crippen molar-refractivity contribution in [1.29, 1.82) is 0 Å². The van der Waals surface area contributed by atoms with Crippen LogP contribution in [-0.2, 0) is 4.74 Å². The fourth-order valence-corrected chi connectivity index (χ4v) is 1.97. The Morgan fingerprint density at radius 3 is 3.20 bits per heavy atom. The van der Waals surface area contributed by atoms with Crippen molar-refractivity contribution in [2.75, 3.05) is 11.9 Å². The summed E-state index contributed by atoms with van der Waals surface area (Å²) in [6.45, 7) is 2.97.